The molecule has 1 aromatic carbocycles. The van der Waals surface area contributed by atoms with Gasteiger partial charge in [-0.25, -0.2) is 9.66 Å². The number of fused-ring (bicyclic) bond motifs is 1. The van der Waals surface area contributed by atoms with E-state index in [9.17, 15) is 0 Å². The number of rotatable bonds is 3. The van der Waals surface area contributed by atoms with Crippen LogP contribution in [0.15, 0.2) is 73.1 Å². The summed E-state index contributed by atoms with van der Waals surface area (Å²) >= 11 is 0. The molecule has 0 radical (unpaired) electrons. The van der Waals surface area contributed by atoms with Gasteiger partial charge in [-0.1, -0.05) is 50.8 Å². The zero-order valence-corrected chi connectivity index (χ0v) is 14.5. The second kappa shape index (κ2) is 5.66. The fraction of sp³-hybridized carbons (Fsp3) is 0.286. The van der Waals surface area contributed by atoms with Crippen molar-refractivity contribution in [1.82, 2.24) is 14.6 Å². The number of likely N-dealkylation sites (tertiary alicyclic amines) is 1. The molecule has 1 saturated carbocycles. The summed E-state index contributed by atoms with van der Waals surface area (Å²) in [5, 5.41) is 0. The number of nitrogens with zero attached hydrogens (tertiary/aromatic N) is 3. The molecule has 1 aliphatic carbocycles. The van der Waals surface area contributed by atoms with Crippen molar-refractivity contribution in [3.8, 4) is 0 Å². The molecule has 2 N–H and O–H groups in total. The predicted octanol–water partition coefficient (Wildman–Crippen LogP) is 4.27. The van der Waals surface area contributed by atoms with E-state index in [1.807, 2.05) is 36.4 Å². The summed E-state index contributed by atoms with van der Waals surface area (Å²) in [6.45, 7) is 13.3. The number of benzene rings is 1. The Labute approximate surface area is 148 Å². The van der Waals surface area contributed by atoms with Crippen LogP contribution in [0.1, 0.15) is 31.5 Å². The third-order valence-corrected chi connectivity index (χ3v) is 5.76. The van der Waals surface area contributed by atoms with Crippen molar-refractivity contribution in [1.29, 1.82) is 0 Å². The summed E-state index contributed by atoms with van der Waals surface area (Å²) in [6, 6.07) is 7.93. The molecule has 4 nitrogen and oxygen atoms in total. The molecule has 1 aliphatic heterocycles. The van der Waals surface area contributed by atoms with Crippen LogP contribution in [0.3, 0.4) is 0 Å². The third kappa shape index (κ3) is 2.17. The molecule has 25 heavy (non-hydrogen) atoms. The van der Waals surface area contributed by atoms with Gasteiger partial charge in [0, 0.05) is 16.8 Å². The Balaban J connectivity index is 1.76. The lowest BCUT2D eigenvalue weighted by Gasteiger charge is -2.27. The monoisotopic (exact) mass is 332 g/mol. The molecule has 1 aromatic heterocycles. The lowest BCUT2D eigenvalue weighted by atomic mass is 9.79. The maximum atomic E-state index is 6.30. The minimum Gasteiger partial charge on any atom is -0.337 e. The van der Waals surface area contributed by atoms with Crippen LogP contribution < -0.4 is 5.84 Å². The quantitative estimate of drug-likeness (QED) is 0.854. The highest BCUT2D eigenvalue weighted by molar-refractivity contribution is 5.75. The minimum absolute atomic E-state index is 0.000285. The Morgan fingerprint density at radius 1 is 1.20 bits per heavy atom. The standard InChI is InChI=1S/C21H24N4/c1-4-9-18-15(2)21(12-7-8-13-21)16(3)24(18)14-20-23-17-10-5-6-11-19(17)25(20)22/h4-6,9-11H,1-3,7-8,12-14,22H2/b18-9+. The van der Waals surface area contributed by atoms with Gasteiger partial charge in [-0.2, -0.15) is 0 Å². The zero-order valence-electron chi connectivity index (χ0n) is 14.5. The van der Waals surface area contributed by atoms with Crippen molar-refractivity contribution in [3.05, 3.63) is 78.9 Å². The van der Waals surface area contributed by atoms with E-state index in [4.69, 9.17) is 10.8 Å². The molecule has 2 fully saturated rings. The molecule has 2 aliphatic rings. The number of allylic oxidation sites excluding steroid dienone is 4. The maximum absolute atomic E-state index is 6.30. The van der Waals surface area contributed by atoms with Crippen molar-refractivity contribution >= 4 is 11.0 Å². The van der Waals surface area contributed by atoms with E-state index in [1.54, 1.807) is 4.68 Å². The fourth-order valence-corrected chi connectivity index (χ4v) is 4.39. The van der Waals surface area contributed by atoms with Gasteiger partial charge in [0.1, 0.15) is 5.82 Å². The van der Waals surface area contributed by atoms with Crippen molar-refractivity contribution in [2.24, 2.45) is 5.41 Å². The van der Waals surface area contributed by atoms with Crippen molar-refractivity contribution < 1.29 is 0 Å². The Hall–Kier alpha value is -2.75. The summed E-state index contributed by atoms with van der Waals surface area (Å²) in [7, 11) is 0. The van der Waals surface area contributed by atoms with Gasteiger partial charge in [0.2, 0.25) is 0 Å². The van der Waals surface area contributed by atoms with Crippen LogP contribution in [0.25, 0.3) is 11.0 Å². The number of hydrogen-bond donors (Lipinski definition) is 1. The van der Waals surface area contributed by atoms with Crippen molar-refractivity contribution in [3.63, 3.8) is 0 Å². The number of nitrogen functional groups attached to an aromatic ring is 1. The van der Waals surface area contributed by atoms with E-state index in [2.05, 4.69) is 24.6 Å². The van der Waals surface area contributed by atoms with Crippen molar-refractivity contribution in [2.75, 3.05) is 5.84 Å². The van der Waals surface area contributed by atoms with Gasteiger partial charge in [-0.05, 0) is 36.6 Å². The number of para-hydroxylation sites is 2. The molecule has 0 atom stereocenters. The highest BCUT2D eigenvalue weighted by Gasteiger charge is 2.49. The highest BCUT2D eigenvalue weighted by Crippen LogP contribution is 2.58. The maximum Gasteiger partial charge on any atom is 0.148 e. The van der Waals surface area contributed by atoms with Crippen LogP contribution in [0, 0.1) is 5.41 Å². The van der Waals surface area contributed by atoms with Gasteiger partial charge in [0.15, 0.2) is 0 Å². The third-order valence-electron chi connectivity index (χ3n) is 5.76. The molecule has 4 rings (SSSR count). The first-order valence-corrected chi connectivity index (χ1v) is 8.79. The lowest BCUT2D eigenvalue weighted by molar-refractivity contribution is 0.365. The smallest absolute Gasteiger partial charge is 0.148 e. The summed E-state index contributed by atoms with van der Waals surface area (Å²) in [6.07, 6.45) is 8.54. The van der Waals surface area contributed by atoms with E-state index >= 15 is 0 Å². The summed E-state index contributed by atoms with van der Waals surface area (Å²) in [5.74, 6) is 7.12. The molecular weight excluding hydrogens is 308 g/mol. The van der Waals surface area contributed by atoms with Crippen LogP contribution in [-0.4, -0.2) is 14.6 Å². The first kappa shape index (κ1) is 15.8. The lowest BCUT2D eigenvalue weighted by Crippen LogP contribution is -2.24. The van der Waals surface area contributed by atoms with E-state index in [-0.39, 0.29) is 5.41 Å². The van der Waals surface area contributed by atoms with Gasteiger partial charge in [-0.3, -0.25) is 0 Å². The summed E-state index contributed by atoms with van der Waals surface area (Å²) in [5.41, 5.74) is 5.22. The second-order valence-electron chi connectivity index (χ2n) is 6.97. The van der Waals surface area contributed by atoms with Crippen LogP contribution in [-0.2, 0) is 6.54 Å². The van der Waals surface area contributed by atoms with E-state index in [0.29, 0.717) is 6.54 Å². The molecular formula is C21H24N4. The Kier molecular flexibility index (Phi) is 3.57. The first-order chi connectivity index (χ1) is 12.1. The average molecular weight is 332 g/mol. The summed E-state index contributed by atoms with van der Waals surface area (Å²) < 4.78 is 1.68. The first-order valence-electron chi connectivity index (χ1n) is 8.79. The Bertz CT molecular complexity index is 909. The normalized spacial score (nSPS) is 21.1. The topological polar surface area (TPSA) is 47.1 Å². The SMILES string of the molecule is C=C/C=C1\C(=C)C2(CCCC2)C(=C)N1Cc1nc2ccccc2n1N. The Morgan fingerprint density at radius 2 is 1.92 bits per heavy atom. The minimum atomic E-state index is 0.000285. The van der Waals surface area contributed by atoms with Gasteiger partial charge in [0.25, 0.3) is 0 Å². The van der Waals surface area contributed by atoms with Crippen LogP contribution in [0.2, 0.25) is 0 Å². The zero-order chi connectivity index (χ0) is 17.6. The Morgan fingerprint density at radius 3 is 2.60 bits per heavy atom. The highest BCUT2D eigenvalue weighted by atomic mass is 15.3. The molecule has 0 bridgehead atoms. The molecule has 1 saturated heterocycles. The largest absolute Gasteiger partial charge is 0.337 e. The molecule has 4 heteroatoms. The number of nitrogens with two attached hydrogens (primary N) is 1. The molecule has 0 amide bonds. The van der Waals surface area contributed by atoms with Gasteiger partial charge < -0.3 is 10.7 Å². The van der Waals surface area contributed by atoms with E-state index < -0.39 is 0 Å². The summed E-state index contributed by atoms with van der Waals surface area (Å²) in [4.78, 5) is 6.94. The molecule has 1 spiro atoms. The predicted molar refractivity (Wildman–Crippen MR) is 103 cm³/mol. The van der Waals surface area contributed by atoms with Gasteiger partial charge in [-0.15, -0.1) is 0 Å². The molecule has 2 heterocycles. The fourth-order valence-electron chi connectivity index (χ4n) is 4.39. The molecule has 2 aromatic rings. The van der Waals surface area contributed by atoms with Crippen LogP contribution in [0.5, 0.6) is 0 Å². The number of hydrogen-bond acceptors (Lipinski definition) is 3. The van der Waals surface area contributed by atoms with E-state index in [0.717, 1.165) is 46.7 Å². The van der Waals surface area contributed by atoms with E-state index in [1.165, 1.54) is 12.8 Å². The van der Waals surface area contributed by atoms with Crippen LogP contribution >= 0.6 is 0 Å². The van der Waals surface area contributed by atoms with Crippen molar-refractivity contribution in [2.45, 2.75) is 32.2 Å². The molecule has 128 valence electrons. The van der Waals surface area contributed by atoms with Crippen LogP contribution in [0.4, 0.5) is 0 Å². The number of imidazole rings is 1. The average Bonchev–Trinajstić information content (AvgIpc) is 3.27. The molecule has 0 unspecified atom stereocenters. The van der Waals surface area contributed by atoms with Gasteiger partial charge >= 0.3 is 0 Å². The number of aromatic nitrogens is 2. The van der Waals surface area contributed by atoms with Gasteiger partial charge in [0.05, 0.1) is 17.6 Å². The second-order valence-corrected chi connectivity index (χ2v) is 6.97.